The molecule has 2 nitrogen and oxygen atoms in total. The van der Waals surface area contributed by atoms with E-state index < -0.39 is 6.43 Å². The predicted molar refractivity (Wildman–Crippen MR) is 57.2 cm³/mol. The molecular formula is C9H19F2NOS. The van der Waals surface area contributed by atoms with Crippen LogP contribution in [0.15, 0.2) is 0 Å². The lowest BCUT2D eigenvalue weighted by molar-refractivity contribution is 0.0713. The third-order valence-electron chi connectivity index (χ3n) is 2.16. The number of nitrogens with zero attached hydrogens (tertiary/aromatic N) is 1. The van der Waals surface area contributed by atoms with Crippen molar-refractivity contribution in [3.8, 4) is 0 Å². The van der Waals surface area contributed by atoms with Gasteiger partial charge in [0.25, 0.3) is 6.43 Å². The molecule has 0 fully saturated rings. The van der Waals surface area contributed by atoms with Gasteiger partial charge in [0, 0.05) is 13.1 Å². The number of alkyl halides is 2. The summed E-state index contributed by atoms with van der Waals surface area (Å²) in [5.41, 5.74) is 0. The fourth-order valence-corrected chi connectivity index (χ4v) is 1.65. The molecular weight excluding hydrogens is 208 g/mol. The average Bonchev–Trinajstić information content (AvgIpc) is 2.13. The molecule has 0 aromatic rings. The van der Waals surface area contributed by atoms with Gasteiger partial charge < -0.3 is 5.11 Å². The Kier molecular flexibility index (Phi) is 8.52. The molecule has 0 heterocycles. The van der Waals surface area contributed by atoms with Crippen LogP contribution in [0, 0.1) is 5.92 Å². The zero-order chi connectivity index (χ0) is 11.0. The number of hydrogen-bond acceptors (Lipinski definition) is 3. The predicted octanol–water partition coefficient (Wildman–Crippen LogP) is 1.50. The van der Waals surface area contributed by atoms with Crippen molar-refractivity contribution in [2.75, 3.05) is 32.0 Å². The average molecular weight is 227 g/mol. The van der Waals surface area contributed by atoms with Crippen LogP contribution in [0.5, 0.6) is 0 Å². The quantitative estimate of drug-likeness (QED) is 0.614. The van der Waals surface area contributed by atoms with E-state index in [0.29, 0.717) is 24.8 Å². The Bertz CT molecular complexity index is 134. The van der Waals surface area contributed by atoms with Crippen LogP contribution < -0.4 is 0 Å². The van der Waals surface area contributed by atoms with Crippen molar-refractivity contribution >= 4 is 12.6 Å². The van der Waals surface area contributed by atoms with Crippen molar-refractivity contribution in [2.24, 2.45) is 5.92 Å². The molecule has 1 unspecified atom stereocenters. The summed E-state index contributed by atoms with van der Waals surface area (Å²) < 4.78 is 24.2. The maximum atomic E-state index is 12.1. The van der Waals surface area contributed by atoms with Crippen molar-refractivity contribution in [1.29, 1.82) is 0 Å². The van der Waals surface area contributed by atoms with E-state index in [2.05, 4.69) is 12.6 Å². The summed E-state index contributed by atoms with van der Waals surface area (Å²) >= 11 is 4.15. The van der Waals surface area contributed by atoms with Crippen LogP contribution in [-0.2, 0) is 0 Å². The minimum absolute atomic E-state index is 0.0737. The largest absolute Gasteiger partial charge is 0.395 e. The lowest BCUT2D eigenvalue weighted by Gasteiger charge is -2.25. The molecule has 1 atom stereocenters. The molecule has 0 aromatic heterocycles. The van der Waals surface area contributed by atoms with Crippen molar-refractivity contribution in [3.05, 3.63) is 0 Å². The van der Waals surface area contributed by atoms with Crippen molar-refractivity contribution in [3.63, 3.8) is 0 Å². The van der Waals surface area contributed by atoms with Crippen LogP contribution in [0.2, 0.25) is 0 Å². The molecule has 0 rings (SSSR count). The van der Waals surface area contributed by atoms with Crippen molar-refractivity contribution < 1.29 is 13.9 Å². The summed E-state index contributed by atoms with van der Waals surface area (Å²) in [7, 11) is 0. The molecule has 0 aliphatic rings. The molecule has 0 aliphatic carbocycles. The van der Waals surface area contributed by atoms with Gasteiger partial charge in [-0.05, 0) is 11.7 Å². The number of rotatable bonds is 8. The van der Waals surface area contributed by atoms with E-state index in [4.69, 9.17) is 5.11 Å². The van der Waals surface area contributed by atoms with Crippen LogP contribution in [0.1, 0.15) is 13.3 Å². The molecule has 0 saturated heterocycles. The normalized spacial score (nSPS) is 13.9. The zero-order valence-electron chi connectivity index (χ0n) is 8.49. The molecule has 0 bridgehead atoms. The molecule has 1 N–H and O–H groups in total. The number of aliphatic hydroxyl groups is 1. The van der Waals surface area contributed by atoms with Crippen LogP contribution in [-0.4, -0.2) is 48.4 Å². The van der Waals surface area contributed by atoms with Crippen LogP contribution in [0.3, 0.4) is 0 Å². The summed E-state index contributed by atoms with van der Waals surface area (Å²) in [6.45, 7) is 2.58. The topological polar surface area (TPSA) is 23.5 Å². The number of thiol groups is 1. The van der Waals surface area contributed by atoms with E-state index >= 15 is 0 Å². The first-order chi connectivity index (χ1) is 6.63. The fraction of sp³-hybridized carbons (Fsp3) is 1.00. The monoisotopic (exact) mass is 227 g/mol. The Balaban J connectivity index is 3.92. The summed E-state index contributed by atoms with van der Waals surface area (Å²) in [4.78, 5) is 1.59. The maximum absolute atomic E-state index is 12.1. The van der Waals surface area contributed by atoms with Crippen LogP contribution in [0.4, 0.5) is 8.78 Å². The molecule has 0 saturated carbocycles. The van der Waals surface area contributed by atoms with E-state index in [1.807, 2.05) is 6.92 Å². The van der Waals surface area contributed by atoms with Gasteiger partial charge in [0.05, 0.1) is 13.2 Å². The van der Waals surface area contributed by atoms with E-state index in [0.717, 1.165) is 6.42 Å². The van der Waals surface area contributed by atoms with Gasteiger partial charge in [-0.15, -0.1) is 0 Å². The second-order valence-corrected chi connectivity index (χ2v) is 3.70. The highest BCUT2D eigenvalue weighted by Gasteiger charge is 2.15. The summed E-state index contributed by atoms with van der Waals surface area (Å²) in [5.74, 6) is 1.02. The standard InChI is InChI=1S/C9H19F2NOS/c1-2-8(7-14)5-12(3-4-13)6-9(10)11/h8-9,13-14H,2-7H2,1H3. The van der Waals surface area contributed by atoms with Crippen LogP contribution in [0.25, 0.3) is 0 Å². The first kappa shape index (κ1) is 14.1. The molecule has 86 valence electrons. The number of hydrogen-bond donors (Lipinski definition) is 2. The molecule has 0 aromatic carbocycles. The molecule has 0 aliphatic heterocycles. The van der Waals surface area contributed by atoms with E-state index in [9.17, 15) is 8.78 Å². The zero-order valence-corrected chi connectivity index (χ0v) is 9.39. The summed E-state index contributed by atoms with van der Waals surface area (Å²) in [6.07, 6.45) is -1.41. The van der Waals surface area contributed by atoms with Gasteiger partial charge in [-0.3, -0.25) is 4.90 Å². The van der Waals surface area contributed by atoms with Gasteiger partial charge in [-0.2, -0.15) is 12.6 Å². The first-order valence-electron chi connectivity index (χ1n) is 4.86. The molecule has 5 heteroatoms. The molecule has 0 amide bonds. The highest BCUT2D eigenvalue weighted by atomic mass is 32.1. The van der Waals surface area contributed by atoms with Crippen molar-refractivity contribution in [2.45, 2.75) is 19.8 Å². The minimum atomic E-state index is -2.33. The summed E-state index contributed by atoms with van der Waals surface area (Å²) in [6, 6.07) is 0. The molecule has 0 radical (unpaired) electrons. The lowest BCUT2D eigenvalue weighted by atomic mass is 10.1. The third-order valence-corrected chi connectivity index (χ3v) is 2.68. The lowest BCUT2D eigenvalue weighted by Crippen LogP contribution is -2.36. The Labute approximate surface area is 89.7 Å². The van der Waals surface area contributed by atoms with Gasteiger partial charge in [0.2, 0.25) is 0 Å². The van der Waals surface area contributed by atoms with Gasteiger partial charge in [-0.1, -0.05) is 13.3 Å². The number of aliphatic hydroxyl groups excluding tert-OH is 1. The van der Waals surface area contributed by atoms with E-state index in [1.54, 1.807) is 4.90 Å². The highest BCUT2D eigenvalue weighted by Crippen LogP contribution is 2.09. The van der Waals surface area contributed by atoms with Gasteiger partial charge >= 0.3 is 0 Å². The van der Waals surface area contributed by atoms with Gasteiger partial charge in [0.1, 0.15) is 0 Å². The smallest absolute Gasteiger partial charge is 0.251 e. The Morgan fingerprint density at radius 1 is 1.36 bits per heavy atom. The molecule has 14 heavy (non-hydrogen) atoms. The van der Waals surface area contributed by atoms with Crippen molar-refractivity contribution in [1.82, 2.24) is 4.90 Å². The van der Waals surface area contributed by atoms with Gasteiger partial charge in [0.15, 0.2) is 0 Å². The Morgan fingerprint density at radius 3 is 2.36 bits per heavy atom. The molecule has 0 spiro atoms. The Hall–Kier alpha value is 0.130. The maximum Gasteiger partial charge on any atom is 0.251 e. The Morgan fingerprint density at radius 2 is 2.00 bits per heavy atom. The summed E-state index contributed by atoms with van der Waals surface area (Å²) in [5, 5.41) is 8.70. The minimum Gasteiger partial charge on any atom is -0.395 e. The third kappa shape index (κ3) is 6.56. The number of halogens is 2. The van der Waals surface area contributed by atoms with E-state index in [1.165, 1.54) is 0 Å². The second-order valence-electron chi connectivity index (χ2n) is 3.33. The van der Waals surface area contributed by atoms with E-state index in [-0.39, 0.29) is 13.2 Å². The first-order valence-corrected chi connectivity index (χ1v) is 5.49. The highest BCUT2D eigenvalue weighted by molar-refractivity contribution is 7.80. The van der Waals surface area contributed by atoms with Crippen LogP contribution >= 0.6 is 12.6 Å². The second kappa shape index (κ2) is 8.44. The SMILES string of the molecule is CCC(CS)CN(CCO)CC(F)F. The van der Waals surface area contributed by atoms with Gasteiger partial charge in [-0.25, -0.2) is 8.78 Å². The fourth-order valence-electron chi connectivity index (χ4n) is 1.27.